The van der Waals surface area contributed by atoms with Crippen molar-refractivity contribution in [2.75, 3.05) is 7.05 Å². The first kappa shape index (κ1) is 19.9. The molecule has 146 valence electrons. The van der Waals surface area contributed by atoms with Gasteiger partial charge in [0, 0.05) is 24.4 Å². The summed E-state index contributed by atoms with van der Waals surface area (Å²) in [4.78, 5) is 18.2. The molecule has 0 spiro atoms. The summed E-state index contributed by atoms with van der Waals surface area (Å²) in [5, 5.41) is 12.3. The Hall–Kier alpha value is -2.80. The van der Waals surface area contributed by atoms with E-state index in [4.69, 9.17) is 16.1 Å². The van der Waals surface area contributed by atoms with E-state index in [0.717, 1.165) is 32.3 Å². The van der Waals surface area contributed by atoms with E-state index in [9.17, 15) is 4.79 Å². The molecule has 1 aliphatic heterocycles. The van der Waals surface area contributed by atoms with E-state index in [0.29, 0.717) is 5.84 Å². The average Bonchev–Trinajstić information content (AvgIpc) is 2.86. The average molecular weight is 397 g/mol. The third-order valence-corrected chi connectivity index (χ3v) is 6.18. The van der Waals surface area contributed by atoms with E-state index >= 15 is 0 Å². The number of hydrogen-bond donors (Lipinski definition) is 3. The second-order valence-electron chi connectivity index (χ2n) is 7.06. The number of nitrogens with one attached hydrogen (secondary N) is 2. The first-order chi connectivity index (χ1) is 13.2. The third kappa shape index (κ3) is 3.49. The maximum absolute atomic E-state index is 12.1. The number of benzene rings is 1. The van der Waals surface area contributed by atoms with Crippen LogP contribution in [0.15, 0.2) is 29.3 Å². The molecule has 0 unspecified atom stereocenters. The number of amides is 1. The molecule has 1 aromatic carbocycles. The smallest absolute Gasteiger partial charge is 0.260 e. The molecule has 3 rings (SSSR count). The maximum atomic E-state index is 12.1. The SMILES string of the molecule is CNC(=O)C[C@@H]1N=C(c2ccc(C)cc2)c2c(sc(C)c2C)[N+](=C(C)N)C1=N. The zero-order valence-electron chi connectivity index (χ0n) is 16.9. The van der Waals surface area contributed by atoms with Crippen LogP contribution in [0.25, 0.3) is 0 Å². The Morgan fingerprint density at radius 1 is 1.29 bits per heavy atom. The highest BCUT2D eigenvalue weighted by Gasteiger charge is 2.35. The van der Waals surface area contributed by atoms with Crippen LogP contribution in [0.3, 0.4) is 0 Å². The van der Waals surface area contributed by atoms with Crippen LogP contribution in [0.2, 0.25) is 0 Å². The van der Waals surface area contributed by atoms with E-state index in [-0.39, 0.29) is 18.2 Å². The largest absolute Gasteiger partial charge is 0.359 e. The Bertz CT molecular complexity index is 1010. The summed E-state index contributed by atoms with van der Waals surface area (Å²) in [6.07, 6.45) is 0.0987. The van der Waals surface area contributed by atoms with Gasteiger partial charge in [-0.05, 0) is 26.3 Å². The first-order valence-electron chi connectivity index (χ1n) is 9.18. The summed E-state index contributed by atoms with van der Waals surface area (Å²) in [5.74, 6) is 0.553. The minimum atomic E-state index is -0.617. The molecule has 0 bridgehead atoms. The molecule has 0 fully saturated rings. The highest BCUT2D eigenvalue weighted by Crippen LogP contribution is 2.39. The van der Waals surface area contributed by atoms with Crippen LogP contribution in [0.4, 0.5) is 5.00 Å². The topological polar surface area (TPSA) is 94.3 Å². The fourth-order valence-electron chi connectivity index (χ4n) is 3.29. The second-order valence-corrected chi connectivity index (χ2v) is 8.27. The fraction of sp³-hybridized carbons (Fsp3) is 0.333. The number of carbonyl (C=O) groups is 1. The normalized spacial score (nSPS) is 18.2. The molecule has 1 amide bonds. The van der Waals surface area contributed by atoms with Crippen LogP contribution in [0.1, 0.15) is 40.5 Å². The summed E-state index contributed by atoms with van der Waals surface area (Å²) in [7, 11) is 1.59. The maximum Gasteiger partial charge on any atom is 0.260 e. The van der Waals surface area contributed by atoms with Gasteiger partial charge < -0.3 is 11.1 Å². The number of aliphatic imine (C=N–C) groups is 1. The lowest BCUT2D eigenvalue weighted by Crippen LogP contribution is -2.36. The molecule has 4 N–H and O–H groups in total. The Labute approximate surface area is 169 Å². The van der Waals surface area contributed by atoms with Crippen molar-refractivity contribution in [2.45, 2.75) is 40.2 Å². The van der Waals surface area contributed by atoms with Crippen LogP contribution in [-0.4, -0.2) is 41.0 Å². The number of aryl methyl sites for hydroxylation is 2. The van der Waals surface area contributed by atoms with Gasteiger partial charge >= 0.3 is 0 Å². The Balaban J connectivity index is 2.32. The minimum absolute atomic E-state index is 0.0987. The number of thiophene rings is 1. The van der Waals surface area contributed by atoms with Crippen molar-refractivity contribution in [3.8, 4) is 0 Å². The zero-order chi connectivity index (χ0) is 20.6. The van der Waals surface area contributed by atoms with Gasteiger partial charge in [-0.15, -0.1) is 11.3 Å². The molecule has 2 heterocycles. The van der Waals surface area contributed by atoms with Gasteiger partial charge in [-0.1, -0.05) is 29.8 Å². The number of hydrogen-bond acceptors (Lipinski definition) is 4. The van der Waals surface area contributed by atoms with Crippen molar-refractivity contribution in [3.63, 3.8) is 0 Å². The van der Waals surface area contributed by atoms with E-state index in [2.05, 4.69) is 19.2 Å². The molecule has 7 heteroatoms. The number of rotatable bonds is 3. The number of fused-ring (bicyclic) bond motifs is 1. The lowest BCUT2D eigenvalue weighted by Gasteiger charge is -2.12. The minimum Gasteiger partial charge on any atom is -0.359 e. The number of carbonyl (C=O) groups excluding carboxylic acids is 1. The Kier molecular flexibility index (Phi) is 5.47. The fourth-order valence-corrected chi connectivity index (χ4v) is 4.52. The van der Waals surface area contributed by atoms with Crippen molar-refractivity contribution >= 4 is 39.6 Å². The van der Waals surface area contributed by atoms with Gasteiger partial charge in [0.1, 0.15) is 6.04 Å². The van der Waals surface area contributed by atoms with Crippen molar-refractivity contribution < 1.29 is 9.37 Å². The summed E-state index contributed by atoms with van der Waals surface area (Å²) < 4.78 is 1.73. The van der Waals surface area contributed by atoms with Crippen molar-refractivity contribution in [3.05, 3.63) is 51.4 Å². The molecule has 0 radical (unpaired) electrons. The van der Waals surface area contributed by atoms with E-state index in [1.165, 1.54) is 5.56 Å². The van der Waals surface area contributed by atoms with Crippen molar-refractivity contribution in [1.29, 1.82) is 5.41 Å². The van der Waals surface area contributed by atoms with Crippen LogP contribution in [-0.2, 0) is 4.79 Å². The van der Waals surface area contributed by atoms with E-state index in [1.807, 2.05) is 31.2 Å². The lowest BCUT2D eigenvalue weighted by atomic mass is 9.99. The van der Waals surface area contributed by atoms with Gasteiger partial charge in [-0.2, -0.15) is 9.98 Å². The Morgan fingerprint density at radius 2 is 1.93 bits per heavy atom. The molecule has 0 aliphatic carbocycles. The van der Waals surface area contributed by atoms with E-state index in [1.54, 1.807) is 29.9 Å². The van der Waals surface area contributed by atoms with Gasteiger partial charge in [-0.3, -0.25) is 9.79 Å². The van der Waals surface area contributed by atoms with Crippen LogP contribution < -0.4 is 11.1 Å². The molecule has 2 aromatic rings. The second kappa shape index (κ2) is 7.67. The molecule has 0 saturated carbocycles. The Morgan fingerprint density at radius 3 is 2.50 bits per heavy atom. The van der Waals surface area contributed by atoms with Crippen molar-refractivity contribution in [2.24, 2.45) is 10.7 Å². The lowest BCUT2D eigenvalue weighted by molar-refractivity contribution is -0.309. The predicted molar refractivity (Wildman–Crippen MR) is 116 cm³/mol. The standard InChI is InChI=1S/C21H25N5OS/c1-11-6-8-15(9-7-11)19-18-12(2)13(3)28-21(18)26(14(4)22)20(23)16(25-19)10-17(27)24-5/h6-9,16,22-23H,10H2,1-5H3,(H,24,27)/p+1/t16-/m0/s1. The first-order valence-corrected chi connectivity index (χ1v) is 9.99. The summed E-state index contributed by atoms with van der Waals surface area (Å²) >= 11 is 1.60. The summed E-state index contributed by atoms with van der Waals surface area (Å²) in [5.41, 5.74) is 11.2. The van der Waals surface area contributed by atoms with E-state index < -0.39 is 6.04 Å². The molecular weight excluding hydrogens is 370 g/mol. The number of amidine groups is 2. The highest BCUT2D eigenvalue weighted by molar-refractivity contribution is 7.16. The molecule has 1 aliphatic rings. The molecular formula is C21H26N5OS+. The van der Waals surface area contributed by atoms with Gasteiger partial charge in [0.25, 0.3) is 5.84 Å². The summed E-state index contributed by atoms with van der Waals surface area (Å²) in [6, 6.07) is 7.57. The highest BCUT2D eigenvalue weighted by atomic mass is 32.1. The van der Waals surface area contributed by atoms with Gasteiger partial charge in [0.2, 0.25) is 5.91 Å². The van der Waals surface area contributed by atoms with Crippen LogP contribution in [0, 0.1) is 26.2 Å². The molecule has 28 heavy (non-hydrogen) atoms. The van der Waals surface area contributed by atoms with Crippen molar-refractivity contribution in [1.82, 2.24) is 5.32 Å². The van der Waals surface area contributed by atoms with Gasteiger partial charge in [0.15, 0.2) is 10.8 Å². The molecule has 6 nitrogen and oxygen atoms in total. The monoisotopic (exact) mass is 396 g/mol. The quantitative estimate of drug-likeness (QED) is 0.549. The number of nitrogens with two attached hydrogens (primary N) is 1. The van der Waals surface area contributed by atoms with Crippen LogP contribution in [0.5, 0.6) is 0 Å². The number of nitrogens with zero attached hydrogens (tertiary/aromatic N) is 2. The van der Waals surface area contributed by atoms with Crippen LogP contribution >= 0.6 is 11.3 Å². The molecule has 1 atom stereocenters. The van der Waals surface area contributed by atoms with Gasteiger partial charge in [0.05, 0.1) is 17.7 Å². The summed E-state index contributed by atoms with van der Waals surface area (Å²) in [6.45, 7) is 7.96. The molecule has 1 aromatic heterocycles. The third-order valence-electron chi connectivity index (χ3n) is 4.98. The van der Waals surface area contributed by atoms with Gasteiger partial charge in [-0.25, -0.2) is 0 Å². The predicted octanol–water partition coefficient (Wildman–Crippen LogP) is 3.03. The molecule has 0 saturated heterocycles. The zero-order valence-corrected chi connectivity index (χ0v) is 17.7.